The quantitative estimate of drug-likeness (QED) is 0.816. The standard InChI is InChI=1S/C12H17IN2O2/c1-12(2,14)7-15-11(16)9-5-4-8(17-3)6-10(9)13/h4-6H,7,14H2,1-3H3,(H,15,16). The topological polar surface area (TPSA) is 64.3 Å². The zero-order chi connectivity index (χ0) is 13.1. The monoisotopic (exact) mass is 348 g/mol. The molecule has 5 heteroatoms. The van der Waals surface area contributed by atoms with E-state index in [2.05, 4.69) is 27.9 Å². The van der Waals surface area contributed by atoms with E-state index >= 15 is 0 Å². The lowest BCUT2D eigenvalue weighted by Gasteiger charge is -2.19. The van der Waals surface area contributed by atoms with E-state index in [0.717, 1.165) is 9.32 Å². The molecule has 0 bridgehead atoms. The second-order valence-electron chi connectivity index (χ2n) is 4.52. The molecule has 0 heterocycles. The van der Waals surface area contributed by atoms with Gasteiger partial charge in [-0.1, -0.05) is 0 Å². The average Bonchev–Trinajstić information content (AvgIpc) is 2.24. The Bertz CT molecular complexity index is 413. The summed E-state index contributed by atoms with van der Waals surface area (Å²) in [6, 6.07) is 5.34. The minimum absolute atomic E-state index is 0.115. The fourth-order valence-electron chi connectivity index (χ4n) is 1.21. The van der Waals surface area contributed by atoms with Crippen molar-refractivity contribution in [2.24, 2.45) is 5.73 Å². The third-order valence-electron chi connectivity index (χ3n) is 2.13. The number of halogens is 1. The molecule has 0 aliphatic heterocycles. The molecule has 0 aliphatic carbocycles. The van der Waals surface area contributed by atoms with Crippen LogP contribution in [0, 0.1) is 3.57 Å². The van der Waals surface area contributed by atoms with E-state index in [1.165, 1.54) is 0 Å². The average molecular weight is 348 g/mol. The van der Waals surface area contributed by atoms with Gasteiger partial charge in [-0.05, 0) is 54.6 Å². The molecule has 0 aliphatic rings. The van der Waals surface area contributed by atoms with Crippen molar-refractivity contribution in [2.75, 3.05) is 13.7 Å². The van der Waals surface area contributed by atoms with E-state index in [1.807, 2.05) is 19.9 Å². The van der Waals surface area contributed by atoms with Crippen molar-refractivity contribution >= 4 is 28.5 Å². The highest BCUT2D eigenvalue weighted by Gasteiger charge is 2.15. The smallest absolute Gasteiger partial charge is 0.252 e. The molecule has 0 fully saturated rings. The summed E-state index contributed by atoms with van der Waals surface area (Å²) in [5.41, 5.74) is 6.03. The van der Waals surface area contributed by atoms with Gasteiger partial charge >= 0.3 is 0 Å². The van der Waals surface area contributed by atoms with Crippen molar-refractivity contribution in [2.45, 2.75) is 19.4 Å². The number of nitrogens with two attached hydrogens (primary N) is 1. The number of rotatable bonds is 4. The van der Waals surface area contributed by atoms with Crippen LogP contribution in [0.25, 0.3) is 0 Å². The fraction of sp³-hybridized carbons (Fsp3) is 0.417. The first-order chi connectivity index (χ1) is 7.83. The van der Waals surface area contributed by atoms with Crippen molar-refractivity contribution in [3.05, 3.63) is 27.3 Å². The normalized spacial score (nSPS) is 11.1. The molecule has 17 heavy (non-hydrogen) atoms. The maximum atomic E-state index is 11.9. The lowest BCUT2D eigenvalue weighted by molar-refractivity contribution is 0.0945. The summed E-state index contributed by atoms with van der Waals surface area (Å²) in [6.45, 7) is 4.17. The Balaban J connectivity index is 2.76. The second-order valence-corrected chi connectivity index (χ2v) is 5.68. The molecule has 1 rings (SSSR count). The maximum Gasteiger partial charge on any atom is 0.252 e. The van der Waals surface area contributed by atoms with Crippen molar-refractivity contribution in [1.82, 2.24) is 5.32 Å². The number of benzene rings is 1. The number of hydrogen-bond donors (Lipinski definition) is 2. The lowest BCUT2D eigenvalue weighted by atomic mass is 10.1. The predicted molar refractivity (Wildman–Crippen MR) is 76.3 cm³/mol. The van der Waals surface area contributed by atoms with Gasteiger partial charge in [-0.2, -0.15) is 0 Å². The molecule has 0 radical (unpaired) electrons. The molecule has 0 saturated heterocycles. The molecule has 94 valence electrons. The van der Waals surface area contributed by atoms with Crippen LogP contribution in [0.2, 0.25) is 0 Å². The van der Waals surface area contributed by atoms with Gasteiger partial charge in [0.1, 0.15) is 5.75 Å². The van der Waals surface area contributed by atoms with Crippen molar-refractivity contribution in [1.29, 1.82) is 0 Å². The Morgan fingerprint density at radius 1 is 1.53 bits per heavy atom. The van der Waals surface area contributed by atoms with E-state index in [-0.39, 0.29) is 5.91 Å². The van der Waals surface area contributed by atoms with Crippen molar-refractivity contribution in [3.8, 4) is 5.75 Å². The summed E-state index contributed by atoms with van der Waals surface area (Å²) in [4.78, 5) is 11.9. The third kappa shape index (κ3) is 4.51. The predicted octanol–water partition coefficient (Wildman–Crippen LogP) is 1.77. The third-order valence-corrected chi connectivity index (χ3v) is 3.02. The zero-order valence-corrected chi connectivity index (χ0v) is 12.4. The van der Waals surface area contributed by atoms with Crippen molar-refractivity contribution in [3.63, 3.8) is 0 Å². The Hall–Kier alpha value is -0.820. The van der Waals surface area contributed by atoms with Gasteiger partial charge in [0, 0.05) is 15.7 Å². The van der Waals surface area contributed by atoms with Crippen LogP contribution in [0.3, 0.4) is 0 Å². The van der Waals surface area contributed by atoms with Gasteiger partial charge in [0.15, 0.2) is 0 Å². The van der Waals surface area contributed by atoms with Crippen LogP contribution in [0.4, 0.5) is 0 Å². The summed E-state index contributed by atoms with van der Waals surface area (Å²) in [5.74, 6) is 0.626. The van der Waals surface area contributed by atoms with Gasteiger partial charge in [0.05, 0.1) is 12.7 Å². The number of ether oxygens (including phenoxy) is 1. The van der Waals surface area contributed by atoms with Crippen LogP contribution in [-0.4, -0.2) is 25.1 Å². The number of amides is 1. The first-order valence-corrected chi connectivity index (χ1v) is 6.32. The number of hydrogen-bond acceptors (Lipinski definition) is 3. The molecule has 3 N–H and O–H groups in total. The molecular weight excluding hydrogens is 331 g/mol. The van der Waals surface area contributed by atoms with Gasteiger partial charge in [-0.15, -0.1) is 0 Å². The van der Waals surface area contributed by atoms with Gasteiger partial charge in [0.25, 0.3) is 5.91 Å². The van der Waals surface area contributed by atoms with Crippen LogP contribution in [-0.2, 0) is 0 Å². The highest BCUT2D eigenvalue weighted by atomic mass is 127. The lowest BCUT2D eigenvalue weighted by Crippen LogP contribution is -2.45. The zero-order valence-electron chi connectivity index (χ0n) is 10.2. The Kier molecular flexibility index (Phi) is 4.76. The van der Waals surface area contributed by atoms with Gasteiger partial charge in [-0.25, -0.2) is 0 Å². The molecule has 1 aromatic carbocycles. The van der Waals surface area contributed by atoms with Crippen LogP contribution < -0.4 is 15.8 Å². The molecule has 0 unspecified atom stereocenters. The minimum atomic E-state index is -0.409. The maximum absolute atomic E-state index is 11.9. The summed E-state index contributed by atoms with van der Waals surface area (Å²) < 4.78 is 5.94. The summed E-state index contributed by atoms with van der Waals surface area (Å²) in [5, 5.41) is 2.81. The van der Waals surface area contributed by atoms with E-state index in [4.69, 9.17) is 10.5 Å². The summed E-state index contributed by atoms with van der Waals surface area (Å²) >= 11 is 2.11. The molecule has 1 aromatic rings. The number of carbonyl (C=O) groups is 1. The molecule has 0 spiro atoms. The van der Waals surface area contributed by atoms with E-state index in [9.17, 15) is 4.79 Å². The summed E-state index contributed by atoms with van der Waals surface area (Å²) in [6.07, 6.45) is 0. The Labute approximate surface area is 115 Å². The second kappa shape index (κ2) is 5.68. The van der Waals surface area contributed by atoms with Crippen LogP contribution in [0.15, 0.2) is 18.2 Å². The first kappa shape index (κ1) is 14.2. The highest BCUT2D eigenvalue weighted by Crippen LogP contribution is 2.19. The number of methoxy groups -OCH3 is 1. The largest absolute Gasteiger partial charge is 0.497 e. The van der Waals surface area contributed by atoms with E-state index < -0.39 is 5.54 Å². The number of nitrogens with one attached hydrogen (secondary N) is 1. The molecule has 1 amide bonds. The molecular formula is C12H17IN2O2. The summed E-state index contributed by atoms with van der Waals surface area (Å²) in [7, 11) is 1.60. The van der Waals surface area contributed by atoms with Gasteiger partial charge < -0.3 is 15.8 Å². The minimum Gasteiger partial charge on any atom is -0.497 e. The van der Waals surface area contributed by atoms with Crippen LogP contribution >= 0.6 is 22.6 Å². The van der Waals surface area contributed by atoms with E-state index in [1.54, 1.807) is 19.2 Å². The molecule has 0 aromatic heterocycles. The molecule has 0 saturated carbocycles. The number of carbonyl (C=O) groups excluding carboxylic acids is 1. The Morgan fingerprint density at radius 2 is 2.18 bits per heavy atom. The van der Waals surface area contributed by atoms with Gasteiger partial charge in [-0.3, -0.25) is 4.79 Å². The first-order valence-electron chi connectivity index (χ1n) is 5.24. The Morgan fingerprint density at radius 3 is 2.65 bits per heavy atom. The SMILES string of the molecule is COc1ccc(C(=O)NCC(C)(C)N)c(I)c1. The van der Waals surface area contributed by atoms with E-state index in [0.29, 0.717) is 12.1 Å². The molecule has 0 atom stereocenters. The fourth-order valence-corrected chi connectivity index (χ4v) is 1.94. The van der Waals surface area contributed by atoms with Crippen LogP contribution in [0.5, 0.6) is 5.75 Å². The van der Waals surface area contributed by atoms with Gasteiger partial charge in [0.2, 0.25) is 0 Å². The highest BCUT2D eigenvalue weighted by molar-refractivity contribution is 14.1. The van der Waals surface area contributed by atoms with Crippen molar-refractivity contribution < 1.29 is 9.53 Å². The van der Waals surface area contributed by atoms with Crippen LogP contribution in [0.1, 0.15) is 24.2 Å². The molecule has 4 nitrogen and oxygen atoms in total.